The monoisotopic (exact) mass is 260 g/mol. The molecule has 80 valence electrons. The lowest BCUT2D eigenvalue weighted by Crippen LogP contribution is -2.14. The summed E-state index contributed by atoms with van der Waals surface area (Å²) in [4.78, 5) is 0.303. The smallest absolute Gasteiger partial charge is 0.0603 e. The lowest BCUT2D eigenvalue weighted by Gasteiger charge is -2.02. The Bertz CT molecular complexity index is 234. The van der Waals surface area contributed by atoms with Gasteiger partial charge in [-0.05, 0) is 12.5 Å². The van der Waals surface area contributed by atoms with Crippen LogP contribution >= 0.6 is 15.9 Å². The first-order valence-electron chi connectivity index (χ1n) is 4.39. The molecule has 3 nitrogen and oxygen atoms in total. The molecule has 0 aliphatic heterocycles. The van der Waals surface area contributed by atoms with Gasteiger partial charge in [0.25, 0.3) is 0 Å². The Kier molecular flexibility index (Phi) is 7.24. The Morgan fingerprint density at radius 2 is 2.36 bits per heavy atom. The van der Waals surface area contributed by atoms with E-state index in [1.54, 1.807) is 6.20 Å². The van der Waals surface area contributed by atoms with E-state index in [1.165, 1.54) is 0 Å². The van der Waals surface area contributed by atoms with Crippen LogP contribution < -0.4 is 11.1 Å². The molecule has 1 atom stereocenters. The van der Waals surface area contributed by atoms with E-state index in [1.807, 2.05) is 19.1 Å². The molecule has 4 heteroatoms. The zero-order valence-electron chi connectivity index (χ0n) is 8.33. The van der Waals surface area contributed by atoms with Gasteiger partial charge in [0.2, 0.25) is 0 Å². The number of allylic oxidation sites excluding steroid dienone is 2. The highest BCUT2D eigenvalue weighted by atomic mass is 79.9. The molecule has 0 aromatic carbocycles. The van der Waals surface area contributed by atoms with Gasteiger partial charge >= 0.3 is 0 Å². The van der Waals surface area contributed by atoms with Crippen LogP contribution in [0.2, 0.25) is 0 Å². The number of hydrogen-bond donors (Lipinski definition) is 3. The zero-order chi connectivity index (χ0) is 11.0. The molecule has 0 rings (SSSR count). The van der Waals surface area contributed by atoms with Crippen molar-refractivity contribution in [2.24, 2.45) is 5.73 Å². The molecule has 0 aliphatic rings. The number of alkyl halides is 1. The molecule has 0 saturated carbocycles. The molecule has 4 N–H and O–H groups in total. The molecule has 0 spiro atoms. The van der Waals surface area contributed by atoms with Crippen LogP contribution in [0, 0.1) is 0 Å². The molecule has 14 heavy (non-hydrogen) atoms. The second kappa shape index (κ2) is 7.64. The standard InChI is InChI=1S/C10H17BrN2O/c1-8(3-4-9(2)11)10(12)7-13-5-6-14/h3-4,7,9,13-14H,1,5-6,12H2,2H3/b4-3-,10-7-/t9-/m0/s1. The van der Waals surface area contributed by atoms with E-state index in [2.05, 4.69) is 27.8 Å². The van der Waals surface area contributed by atoms with Crippen LogP contribution in [0.3, 0.4) is 0 Å². The van der Waals surface area contributed by atoms with Crippen molar-refractivity contribution < 1.29 is 5.11 Å². The predicted molar refractivity (Wildman–Crippen MR) is 64.0 cm³/mol. The summed E-state index contributed by atoms with van der Waals surface area (Å²) in [6.45, 7) is 6.39. The van der Waals surface area contributed by atoms with Gasteiger partial charge in [-0.15, -0.1) is 0 Å². The largest absolute Gasteiger partial charge is 0.397 e. The third-order valence-corrected chi connectivity index (χ3v) is 1.75. The average molecular weight is 261 g/mol. The summed E-state index contributed by atoms with van der Waals surface area (Å²) in [5.74, 6) is 0. The van der Waals surface area contributed by atoms with Gasteiger partial charge in [0, 0.05) is 17.6 Å². The van der Waals surface area contributed by atoms with Crippen LogP contribution in [0.15, 0.2) is 36.2 Å². The number of nitrogens with one attached hydrogen (secondary N) is 1. The molecule has 0 aliphatic carbocycles. The Balaban J connectivity index is 4.04. The fourth-order valence-electron chi connectivity index (χ4n) is 0.684. The van der Waals surface area contributed by atoms with Crippen molar-refractivity contribution in [3.63, 3.8) is 0 Å². The molecule has 0 fully saturated rings. The van der Waals surface area contributed by atoms with Crippen LogP contribution in [0.4, 0.5) is 0 Å². The number of nitrogens with two attached hydrogens (primary N) is 1. The SMILES string of the molecule is C=C(/C=C\[C@H](C)Br)/C(N)=C/NCCO. The summed E-state index contributed by atoms with van der Waals surface area (Å²) in [6, 6.07) is 0. The predicted octanol–water partition coefficient (Wildman–Crippen LogP) is 1.26. The van der Waals surface area contributed by atoms with Gasteiger partial charge in [-0.3, -0.25) is 0 Å². The second-order valence-electron chi connectivity index (χ2n) is 2.84. The Labute approximate surface area is 93.5 Å². The molecule has 0 radical (unpaired) electrons. The number of rotatable bonds is 6. The first kappa shape index (κ1) is 13.3. The third-order valence-electron chi connectivity index (χ3n) is 1.45. The van der Waals surface area contributed by atoms with Crippen molar-refractivity contribution in [2.45, 2.75) is 11.8 Å². The maximum Gasteiger partial charge on any atom is 0.0603 e. The molecule has 0 unspecified atom stereocenters. The van der Waals surface area contributed by atoms with Crippen molar-refractivity contribution in [1.29, 1.82) is 0 Å². The van der Waals surface area contributed by atoms with Crippen LogP contribution in [0.25, 0.3) is 0 Å². The molecular weight excluding hydrogens is 244 g/mol. The van der Waals surface area contributed by atoms with Gasteiger partial charge < -0.3 is 16.2 Å². The first-order chi connectivity index (χ1) is 6.57. The van der Waals surface area contributed by atoms with Gasteiger partial charge in [-0.1, -0.05) is 34.7 Å². The van der Waals surface area contributed by atoms with Gasteiger partial charge in [-0.25, -0.2) is 0 Å². The minimum Gasteiger partial charge on any atom is -0.397 e. The average Bonchev–Trinajstić information content (AvgIpc) is 2.14. The maximum absolute atomic E-state index is 8.52. The fourth-order valence-corrected chi connectivity index (χ4v) is 0.837. The van der Waals surface area contributed by atoms with Crippen LogP contribution in [0.1, 0.15) is 6.92 Å². The molecule has 0 saturated heterocycles. The van der Waals surface area contributed by atoms with Crippen LogP contribution in [-0.2, 0) is 0 Å². The third kappa shape index (κ3) is 6.74. The number of aliphatic hydroxyl groups excluding tert-OH is 1. The maximum atomic E-state index is 8.52. The first-order valence-corrected chi connectivity index (χ1v) is 5.31. The van der Waals surface area contributed by atoms with E-state index in [0.717, 1.165) is 5.57 Å². The number of halogens is 1. The Morgan fingerprint density at radius 1 is 1.71 bits per heavy atom. The quantitative estimate of drug-likeness (QED) is 0.383. The topological polar surface area (TPSA) is 58.3 Å². The van der Waals surface area contributed by atoms with E-state index in [9.17, 15) is 0 Å². The highest BCUT2D eigenvalue weighted by Crippen LogP contribution is 2.05. The zero-order valence-corrected chi connectivity index (χ0v) is 9.92. The highest BCUT2D eigenvalue weighted by Gasteiger charge is 1.93. The van der Waals surface area contributed by atoms with Gasteiger partial charge in [-0.2, -0.15) is 0 Å². The van der Waals surface area contributed by atoms with E-state index >= 15 is 0 Å². The molecule has 0 amide bonds. The molecular formula is C10H17BrN2O. The van der Waals surface area contributed by atoms with Gasteiger partial charge in [0.05, 0.1) is 12.3 Å². The lowest BCUT2D eigenvalue weighted by atomic mass is 10.2. The van der Waals surface area contributed by atoms with Crippen molar-refractivity contribution in [3.8, 4) is 0 Å². The lowest BCUT2D eigenvalue weighted by molar-refractivity contribution is 0.298. The Hall–Kier alpha value is -0.740. The Morgan fingerprint density at radius 3 is 2.86 bits per heavy atom. The number of hydrogen-bond acceptors (Lipinski definition) is 3. The van der Waals surface area contributed by atoms with Gasteiger partial charge in [0.1, 0.15) is 0 Å². The number of aliphatic hydroxyl groups is 1. The highest BCUT2D eigenvalue weighted by molar-refractivity contribution is 9.09. The normalized spacial score (nSPS) is 14.4. The van der Waals surface area contributed by atoms with E-state index in [4.69, 9.17) is 10.8 Å². The summed E-state index contributed by atoms with van der Waals surface area (Å²) < 4.78 is 0. The van der Waals surface area contributed by atoms with Gasteiger partial charge in [0.15, 0.2) is 0 Å². The summed E-state index contributed by atoms with van der Waals surface area (Å²) in [6.07, 6.45) is 5.45. The van der Waals surface area contributed by atoms with E-state index in [0.29, 0.717) is 17.1 Å². The molecule has 0 heterocycles. The second-order valence-corrected chi connectivity index (χ2v) is 4.28. The van der Waals surface area contributed by atoms with E-state index in [-0.39, 0.29) is 6.61 Å². The summed E-state index contributed by atoms with van der Waals surface area (Å²) in [5.41, 5.74) is 7.02. The minimum absolute atomic E-state index is 0.0878. The fraction of sp³-hybridized carbons (Fsp3) is 0.400. The van der Waals surface area contributed by atoms with E-state index < -0.39 is 0 Å². The van der Waals surface area contributed by atoms with Crippen LogP contribution in [-0.4, -0.2) is 23.1 Å². The molecule has 0 aromatic heterocycles. The molecule has 0 aromatic rings. The summed E-state index contributed by atoms with van der Waals surface area (Å²) in [7, 11) is 0. The van der Waals surface area contributed by atoms with Crippen LogP contribution in [0.5, 0.6) is 0 Å². The minimum atomic E-state index is 0.0878. The summed E-state index contributed by atoms with van der Waals surface area (Å²) in [5, 5.41) is 11.4. The summed E-state index contributed by atoms with van der Waals surface area (Å²) >= 11 is 3.38. The van der Waals surface area contributed by atoms with Crippen molar-refractivity contribution >= 4 is 15.9 Å². The van der Waals surface area contributed by atoms with Crippen molar-refractivity contribution in [3.05, 3.63) is 36.2 Å². The van der Waals surface area contributed by atoms with Crippen molar-refractivity contribution in [2.75, 3.05) is 13.2 Å². The van der Waals surface area contributed by atoms with Crippen molar-refractivity contribution in [1.82, 2.24) is 5.32 Å². The molecule has 0 bridgehead atoms.